The van der Waals surface area contributed by atoms with Crippen LogP contribution in [0.2, 0.25) is 0 Å². The predicted molar refractivity (Wildman–Crippen MR) is 110 cm³/mol. The Morgan fingerprint density at radius 2 is 1.15 bits per heavy atom. The lowest BCUT2D eigenvalue weighted by Crippen LogP contribution is -2.31. The number of rotatable bonds is 7. The number of aliphatic carboxylic acids is 1. The maximum absolute atomic E-state index is 11.6. The van der Waals surface area contributed by atoms with Crippen molar-refractivity contribution in [1.82, 2.24) is 0 Å². The summed E-state index contributed by atoms with van der Waals surface area (Å²) < 4.78 is 0. The Kier molecular flexibility index (Phi) is 7.44. The summed E-state index contributed by atoms with van der Waals surface area (Å²) in [4.78, 5) is 11.6. The molecule has 0 unspecified atom stereocenters. The van der Waals surface area contributed by atoms with E-state index < -0.39 is 11.4 Å². The molecule has 26 heavy (non-hydrogen) atoms. The molecule has 1 N–H and O–H groups in total. The molecule has 0 aromatic heterocycles. The fraction of sp³-hybridized carbons (Fsp3) is 0.458. The quantitative estimate of drug-likeness (QED) is 0.555. The number of fused-ring (bicyclic) bond motifs is 3. The van der Waals surface area contributed by atoms with Crippen LogP contribution in [0.4, 0.5) is 0 Å². The summed E-state index contributed by atoms with van der Waals surface area (Å²) in [6.07, 6.45) is 9.97. The highest BCUT2D eigenvalue weighted by Gasteiger charge is 2.45. The number of unbranched alkanes of at least 4 members (excludes halogenated alkanes) is 6. The third kappa shape index (κ3) is 4.17. The fourth-order valence-corrected chi connectivity index (χ4v) is 3.71. The van der Waals surface area contributed by atoms with E-state index in [1.54, 1.807) is 6.92 Å². The largest absolute Gasteiger partial charge is 0.480 e. The molecule has 0 saturated heterocycles. The molecular weight excluding hydrogens is 320 g/mol. The molecule has 3 rings (SSSR count). The van der Waals surface area contributed by atoms with Crippen LogP contribution in [0.1, 0.15) is 76.8 Å². The van der Waals surface area contributed by atoms with Gasteiger partial charge in [0.2, 0.25) is 0 Å². The highest BCUT2D eigenvalue weighted by atomic mass is 16.4. The summed E-state index contributed by atoms with van der Waals surface area (Å²) in [6, 6.07) is 15.5. The van der Waals surface area contributed by atoms with Gasteiger partial charge in [-0.3, -0.25) is 4.79 Å². The third-order valence-corrected chi connectivity index (χ3v) is 5.36. The third-order valence-electron chi connectivity index (χ3n) is 5.36. The molecule has 0 amide bonds. The van der Waals surface area contributed by atoms with Crippen molar-refractivity contribution in [1.29, 1.82) is 0 Å². The number of hydrogen-bond donors (Lipinski definition) is 1. The van der Waals surface area contributed by atoms with Crippen LogP contribution >= 0.6 is 0 Å². The smallest absolute Gasteiger partial charge is 0.318 e. The molecule has 2 nitrogen and oxygen atoms in total. The normalized spacial score (nSPS) is 13.3. The second-order valence-corrected chi connectivity index (χ2v) is 7.29. The van der Waals surface area contributed by atoms with Gasteiger partial charge in [-0.1, -0.05) is 107 Å². The highest BCUT2D eigenvalue weighted by Crippen LogP contribution is 2.48. The summed E-state index contributed by atoms with van der Waals surface area (Å²) >= 11 is 0. The van der Waals surface area contributed by atoms with Crippen molar-refractivity contribution in [2.45, 2.75) is 71.1 Å². The van der Waals surface area contributed by atoms with Crippen LogP contribution in [0.15, 0.2) is 48.5 Å². The van der Waals surface area contributed by atoms with E-state index in [2.05, 4.69) is 13.8 Å². The van der Waals surface area contributed by atoms with E-state index in [1.165, 1.54) is 44.9 Å². The van der Waals surface area contributed by atoms with Crippen LogP contribution in [0.3, 0.4) is 0 Å². The van der Waals surface area contributed by atoms with Gasteiger partial charge in [-0.15, -0.1) is 0 Å². The maximum Gasteiger partial charge on any atom is 0.318 e. The van der Waals surface area contributed by atoms with Crippen molar-refractivity contribution in [3.8, 4) is 11.1 Å². The van der Waals surface area contributed by atoms with E-state index in [4.69, 9.17) is 0 Å². The van der Waals surface area contributed by atoms with E-state index in [0.29, 0.717) is 0 Å². The molecule has 1 aliphatic carbocycles. The second kappa shape index (κ2) is 9.56. The SMILES string of the molecule is CC1(C(=O)O)c2ccccc2-c2ccccc21.CCCCCCCCC. The summed E-state index contributed by atoms with van der Waals surface area (Å²) in [5, 5.41) is 9.57. The van der Waals surface area contributed by atoms with Gasteiger partial charge in [0.05, 0.1) is 0 Å². The molecule has 2 heteroatoms. The zero-order valence-corrected chi connectivity index (χ0v) is 16.4. The number of hydrogen-bond acceptors (Lipinski definition) is 1. The molecule has 0 bridgehead atoms. The van der Waals surface area contributed by atoms with E-state index >= 15 is 0 Å². The summed E-state index contributed by atoms with van der Waals surface area (Å²) in [5.74, 6) is -0.796. The van der Waals surface area contributed by atoms with Crippen molar-refractivity contribution in [2.75, 3.05) is 0 Å². The van der Waals surface area contributed by atoms with Crippen LogP contribution in [0.5, 0.6) is 0 Å². The Balaban J connectivity index is 0.000000232. The van der Waals surface area contributed by atoms with Gasteiger partial charge in [0.25, 0.3) is 0 Å². The Bertz CT molecular complexity index is 666. The molecule has 0 saturated carbocycles. The van der Waals surface area contributed by atoms with E-state index in [-0.39, 0.29) is 0 Å². The molecule has 0 heterocycles. The van der Waals surface area contributed by atoms with Crippen LogP contribution in [-0.2, 0) is 10.2 Å². The van der Waals surface area contributed by atoms with Crippen LogP contribution in [0.25, 0.3) is 11.1 Å². The molecule has 0 aliphatic heterocycles. The predicted octanol–water partition coefficient (Wildman–Crippen LogP) is 6.81. The van der Waals surface area contributed by atoms with Crippen LogP contribution < -0.4 is 0 Å². The Hall–Kier alpha value is -2.09. The summed E-state index contributed by atoms with van der Waals surface area (Å²) in [5.41, 5.74) is 2.91. The summed E-state index contributed by atoms with van der Waals surface area (Å²) in [7, 11) is 0. The minimum Gasteiger partial charge on any atom is -0.480 e. The highest BCUT2D eigenvalue weighted by molar-refractivity contribution is 5.96. The average molecular weight is 353 g/mol. The molecule has 0 atom stereocenters. The molecule has 2 aromatic rings. The lowest BCUT2D eigenvalue weighted by atomic mass is 9.80. The van der Waals surface area contributed by atoms with Crippen molar-refractivity contribution in [2.24, 2.45) is 0 Å². The molecular formula is C24H32O2. The molecule has 0 fully saturated rings. The maximum atomic E-state index is 11.6. The van der Waals surface area contributed by atoms with Gasteiger partial charge in [-0.25, -0.2) is 0 Å². The van der Waals surface area contributed by atoms with Gasteiger partial charge in [-0.2, -0.15) is 0 Å². The van der Waals surface area contributed by atoms with E-state index in [0.717, 1.165) is 22.3 Å². The minimum absolute atomic E-state index is 0.796. The second-order valence-electron chi connectivity index (χ2n) is 7.29. The van der Waals surface area contributed by atoms with Crippen LogP contribution in [0, 0.1) is 0 Å². The molecule has 0 spiro atoms. The van der Waals surface area contributed by atoms with Gasteiger partial charge in [0.15, 0.2) is 0 Å². The summed E-state index contributed by atoms with van der Waals surface area (Å²) in [6.45, 7) is 6.31. The zero-order chi connectivity index (χ0) is 19.0. The van der Waals surface area contributed by atoms with Crippen molar-refractivity contribution < 1.29 is 9.90 Å². The average Bonchev–Trinajstić information content (AvgIpc) is 2.93. The van der Waals surface area contributed by atoms with Crippen molar-refractivity contribution in [3.63, 3.8) is 0 Å². The fourth-order valence-electron chi connectivity index (χ4n) is 3.71. The first-order valence-corrected chi connectivity index (χ1v) is 10.00. The van der Waals surface area contributed by atoms with Crippen LogP contribution in [-0.4, -0.2) is 11.1 Å². The molecule has 140 valence electrons. The Labute approximate surface area is 158 Å². The van der Waals surface area contributed by atoms with Gasteiger partial charge < -0.3 is 5.11 Å². The van der Waals surface area contributed by atoms with E-state index in [1.807, 2.05) is 48.5 Å². The first kappa shape index (κ1) is 20.2. The van der Waals surface area contributed by atoms with E-state index in [9.17, 15) is 9.90 Å². The monoisotopic (exact) mass is 352 g/mol. The standard InChI is InChI=1S/C15H12O2.C9H20/c1-15(14(16)17)12-8-4-2-6-10(12)11-7-3-5-9-13(11)15;1-3-5-7-9-8-6-4-2/h2-9H,1H3,(H,16,17);3-9H2,1-2H3. The topological polar surface area (TPSA) is 37.3 Å². The zero-order valence-electron chi connectivity index (χ0n) is 16.4. The first-order chi connectivity index (χ1) is 12.6. The van der Waals surface area contributed by atoms with Gasteiger partial charge in [0.1, 0.15) is 5.41 Å². The van der Waals surface area contributed by atoms with Crippen molar-refractivity contribution in [3.05, 3.63) is 59.7 Å². The van der Waals surface area contributed by atoms with Gasteiger partial charge >= 0.3 is 5.97 Å². The molecule has 2 aromatic carbocycles. The van der Waals surface area contributed by atoms with Gasteiger partial charge in [-0.05, 0) is 29.2 Å². The Morgan fingerprint density at radius 3 is 1.54 bits per heavy atom. The molecule has 0 radical (unpaired) electrons. The minimum atomic E-state index is -0.923. The number of carbonyl (C=O) groups is 1. The Morgan fingerprint density at radius 1 is 0.769 bits per heavy atom. The number of carboxylic acid groups (broad SMARTS) is 1. The number of carboxylic acids is 1. The number of benzene rings is 2. The van der Waals surface area contributed by atoms with Gasteiger partial charge in [0, 0.05) is 0 Å². The lowest BCUT2D eigenvalue weighted by Gasteiger charge is -2.21. The first-order valence-electron chi connectivity index (χ1n) is 10.00. The molecule has 1 aliphatic rings. The lowest BCUT2D eigenvalue weighted by molar-refractivity contribution is -0.141. The van der Waals surface area contributed by atoms with Crippen molar-refractivity contribution >= 4 is 5.97 Å².